The Morgan fingerprint density at radius 1 is 1.18 bits per heavy atom. The topological polar surface area (TPSA) is 86.9 Å². The lowest BCUT2D eigenvalue weighted by Gasteiger charge is -2.11. The van der Waals surface area contributed by atoms with Gasteiger partial charge in [0.05, 0.1) is 22.6 Å². The Balaban J connectivity index is 1.43. The molecule has 1 unspecified atom stereocenters. The first-order valence-electron chi connectivity index (χ1n) is 8.91. The second-order valence-corrected chi connectivity index (χ2v) is 6.41. The Bertz CT molecular complexity index is 970. The Morgan fingerprint density at radius 2 is 1.96 bits per heavy atom. The highest BCUT2D eigenvalue weighted by molar-refractivity contribution is 5.94. The minimum atomic E-state index is -0.921. The summed E-state index contributed by atoms with van der Waals surface area (Å²) in [6.07, 6.45) is 0.573. The number of aromatic amines is 1. The Labute approximate surface area is 160 Å². The molecule has 2 aromatic carbocycles. The lowest BCUT2D eigenvalue weighted by molar-refractivity contribution is -0.121. The van der Waals surface area contributed by atoms with Crippen molar-refractivity contribution in [3.63, 3.8) is 0 Å². The highest BCUT2D eigenvalue weighted by atomic mass is 19.1. The number of amides is 2. The van der Waals surface area contributed by atoms with E-state index in [9.17, 15) is 18.4 Å². The van der Waals surface area contributed by atoms with Crippen LogP contribution in [-0.4, -0.2) is 28.3 Å². The van der Waals surface area contributed by atoms with Crippen LogP contribution in [0.5, 0.6) is 0 Å². The summed E-state index contributed by atoms with van der Waals surface area (Å²) in [6.45, 7) is 2.02. The van der Waals surface area contributed by atoms with E-state index in [1.165, 1.54) is 0 Å². The van der Waals surface area contributed by atoms with Gasteiger partial charge in [0.25, 0.3) is 5.91 Å². The molecule has 3 N–H and O–H groups in total. The number of benzene rings is 2. The van der Waals surface area contributed by atoms with E-state index in [4.69, 9.17) is 0 Å². The standard InChI is InChI=1S/C20H20F2N4O2/c1-12(19-25-16-5-2-3-6-17(16)26-19)24-18(27)7-4-10-23-20(28)14-9-8-13(21)11-15(14)22/h2-3,5-6,8-9,11-12H,4,7,10H2,1H3,(H,23,28)(H,24,27)(H,25,26). The van der Waals surface area contributed by atoms with Crippen LogP contribution < -0.4 is 10.6 Å². The molecule has 0 aliphatic rings. The van der Waals surface area contributed by atoms with Gasteiger partial charge in [0.1, 0.15) is 17.5 Å². The van der Waals surface area contributed by atoms with Gasteiger partial charge in [-0.1, -0.05) is 12.1 Å². The largest absolute Gasteiger partial charge is 0.352 e. The van der Waals surface area contributed by atoms with Crippen molar-refractivity contribution >= 4 is 22.8 Å². The summed E-state index contributed by atoms with van der Waals surface area (Å²) < 4.78 is 26.4. The average Bonchev–Trinajstić information content (AvgIpc) is 3.09. The van der Waals surface area contributed by atoms with Crippen LogP contribution in [0.3, 0.4) is 0 Å². The fourth-order valence-electron chi connectivity index (χ4n) is 2.78. The van der Waals surface area contributed by atoms with Crippen LogP contribution >= 0.6 is 0 Å². The lowest BCUT2D eigenvalue weighted by Crippen LogP contribution is -2.29. The molecule has 28 heavy (non-hydrogen) atoms. The zero-order chi connectivity index (χ0) is 20.1. The zero-order valence-corrected chi connectivity index (χ0v) is 15.3. The van der Waals surface area contributed by atoms with E-state index in [0.717, 1.165) is 23.2 Å². The summed E-state index contributed by atoms with van der Waals surface area (Å²) >= 11 is 0. The third-order valence-electron chi connectivity index (χ3n) is 4.24. The Hall–Kier alpha value is -3.29. The van der Waals surface area contributed by atoms with Gasteiger partial charge in [0.15, 0.2) is 0 Å². The number of nitrogens with one attached hydrogen (secondary N) is 3. The smallest absolute Gasteiger partial charge is 0.254 e. The third kappa shape index (κ3) is 4.70. The van der Waals surface area contributed by atoms with Gasteiger partial charge < -0.3 is 15.6 Å². The van der Waals surface area contributed by atoms with Crippen molar-refractivity contribution < 1.29 is 18.4 Å². The maximum Gasteiger partial charge on any atom is 0.254 e. The molecule has 1 heterocycles. The Kier molecular flexibility index (Phi) is 5.98. The second-order valence-electron chi connectivity index (χ2n) is 6.41. The number of para-hydroxylation sites is 2. The lowest BCUT2D eigenvalue weighted by atomic mass is 10.2. The third-order valence-corrected chi connectivity index (χ3v) is 4.24. The van der Waals surface area contributed by atoms with Crippen LogP contribution in [0.15, 0.2) is 42.5 Å². The second kappa shape index (κ2) is 8.60. The minimum absolute atomic E-state index is 0.185. The molecule has 1 aromatic heterocycles. The van der Waals surface area contributed by atoms with Gasteiger partial charge in [-0.15, -0.1) is 0 Å². The Morgan fingerprint density at radius 3 is 2.71 bits per heavy atom. The van der Waals surface area contributed by atoms with E-state index in [-0.39, 0.29) is 30.5 Å². The van der Waals surface area contributed by atoms with Crippen molar-refractivity contribution in [1.29, 1.82) is 0 Å². The van der Waals surface area contributed by atoms with Crippen molar-refractivity contribution in [3.05, 3.63) is 65.5 Å². The van der Waals surface area contributed by atoms with Crippen LogP contribution in [0.2, 0.25) is 0 Å². The fourth-order valence-corrected chi connectivity index (χ4v) is 2.78. The number of imidazole rings is 1. The predicted octanol–water partition coefficient (Wildman–Crippen LogP) is 3.23. The minimum Gasteiger partial charge on any atom is -0.352 e. The van der Waals surface area contributed by atoms with Gasteiger partial charge in [0.2, 0.25) is 5.91 Å². The highest BCUT2D eigenvalue weighted by Gasteiger charge is 2.14. The quantitative estimate of drug-likeness (QED) is 0.545. The van der Waals surface area contributed by atoms with Gasteiger partial charge in [-0.25, -0.2) is 13.8 Å². The summed E-state index contributed by atoms with van der Waals surface area (Å²) in [4.78, 5) is 31.6. The summed E-state index contributed by atoms with van der Waals surface area (Å²) in [5.74, 6) is -1.84. The molecule has 6 nitrogen and oxygen atoms in total. The summed E-state index contributed by atoms with van der Waals surface area (Å²) in [5, 5.41) is 5.36. The number of H-pyrrole nitrogens is 1. The van der Waals surface area contributed by atoms with Gasteiger partial charge in [0, 0.05) is 19.0 Å². The maximum absolute atomic E-state index is 13.5. The van der Waals surface area contributed by atoms with Crippen LogP contribution in [0.4, 0.5) is 8.78 Å². The zero-order valence-electron chi connectivity index (χ0n) is 15.3. The van der Waals surface area contributed by atoms with Gasteiger partial charge in [-0.3, -0.25) is 9.59 Å². The molecule has 0 aliphatic heterocycles. The molecule has 0 saturated carbocycles. The monoisotopic (exact) mass is 386 g/mol. The van der Waals surface area contributed by atoms with Gasteiger partial charge in [-0.2, -0.15) is 0 Å². The normalized spacial score (nSPS) is 12.0. The molecule has 8 heteroatoms. The number of carbonyl (C=O) groups excluding carboxylic acids is 2. The van der Waals surface area contributed by atoms with Crippen LogP contribution in [0, 0.1) is 11.6 Å². The van der Waals surface area contributed by atoms with E-state index < -0.39 is 17.5 Å². The first-order valence-corrected chi connectivity index (χ1v) is 8.91. The highest BCUT2D eigenvalue weighted by Crippen LogP contribution is 2.15. The molecular formula is C20H20F2N4O2. The molecule has 0 fully saturated rings. The first kappa shape index (κ1) is 19.5. The molecule has 0 radical (unpaired) electrons. The number of nitrogens with zero attached hydrogens (tertiary/aromatic N) is 1. The number of aromatic nitrogens is 2. The summed E-state index contributed by atoms with van der Waals surface area (Å²) in [7, 11) is 0. The van der Waals surface area contributed by atoms with Gasteiger partial charge >= 0.3 is 0 Å². The number of carbonyl (C=O) groups is 2. The van der Waals surface area contributed by atoms with Crippen LogP contribution in [-0.2, 0) is 4.79 Å². The van der Waals surface area contributed by atoms with Crippen molar-refractivity contribution in [2.45, 2.75) is 25.8 Å². The molecule has 0 saturated heterocycles. The fraction of sp³-hybridized carbons (Fsp3) is 0.250. The molecule has 0 bridgehead atoms. The number of halogens is 2. The molecule has 0 spiro atoms. The van der Waals surface area contributed by atoms with E-state index in [0.29, 0.717) is 18.3 Å². The van der Waals surface area contributed by atoms with Crippen LogP contribution in [0.1, 0.15) is 42.0 Å². The van der Waals surface area contributed by atoms with Crippen molar-refractivity contribution in [1.82, 2.24) is 20.6 Å². The van der Waals surface area contributed by atoms with Crippen LogP contribution in [0.25, 0.3) is 11.0 Å². The van der Waals surface area contributed by atoms with E-state index in [1.807, 2.05) is 31.2 Å². The van der Waals surface area contributed by atoms with E-state index in [2.05, 4.69) is 20.6 Å². The number of hydrogen-bond acceptors (Lipinski definition) is 3. The average molecular weight is 386 g/mol. The first-order chi connectivity index (χ1) is 13.4. The SMILES string of the molecule is CC(NC(=O)CCCNC(=O)c1ccc(F)cc1F)c1nc2ccccc2[nH]1. The summed E-state index contributed by atoms with van der Waals surface area (Å²) in [5.41, 5.74) is 1.49. The van der Waals surface area contributed by atoms with Crippen molar-refractivity contribution in [2.75, 3.05) is 6.54 Å². The molecule has 3 rings (SSSR count). The molecule has 146 valence electrons. The maximum atomic E-state index is 13.5. The van der Waals surface area contributed by atoms with E-state index >= 15 is 0 Å². The molecular weight excluding hydrogens is 366 g/mol. The number of fused-ring (bicyclic) bond motifs is 1. The summed E-state index contributed by atoms with van der Waals surface area (Å²) in [6, 6.07) is 10.1. The molecule has 2 amide bonds. The number of hydrogen-bond donors (Lipinski definition) is 3. The molecule has 1 atom stereocenters. The van der Waals surface area contributed by atoms with Crippen molar-refractivity contribution in [2.24, 2.45) is 0 Å². The van der Waals surface area contributed by atoms with Gasteiger partial charge in [-0.05, 0) is 37.6 Å². The van der Waals surface area contributed by atoms with E-state index in [1.54, 1.807) is 0 Å². The molecule has 3 aromatic rings. The predicted molar refractivity (Wildman–Crippen MR) is 101 cm³/mol. The molecule has 0 aliphatic carbocycles. The van der Waals surface area contributed by atoms with Crippen molar-refractivity contribution in [3.8, 4) is 0 Å². The number of rotatable bonds is 7.